The highest BCUT2D eigenvalue weighted by atomic mass is 32.1. The van der Waals surface area contributed by atoms with Crippen molar-refractivity contribution < 1.29 is 5.11 Å². The van der Waals surface area contributed by atoms with Crippen LogP contribution in [-0.2, 0) is 13.0 Å². The van der Waals surface area contributed by atoms with Crippen molar-refractivity contribution >= 4 is 28.2 Å². The minimum Gasteiger partial charge on any atom is -0.394 e. The number of anilines is 1. The first kappa shape index (κ1) is 14.6. The summed E-state index contributed by atoms with van der Waals surface area (Å²) in [5.74, 6) is 0.947. The number of aromatic nitrogens is 4. The molecular weight excluding hydrogens is 310 g/mol. The zero-order valence-corrected chi connectivity index (χ0v) is 13.8. The van der Waals surface area contributed by atoms with E-state index in [1.54, 1.807) is 11.0 Å². The molecule has 1 aliphatic heterocycles. The number of fused-ring (bicyclic) bond motifs is 2. The molecule has 0 amide bonds. The maximum absolute atomic E-state index is 9.17. The van der Waals surface area contributed by atoms with Gasteiger partial charge in [-0.1, -0.05) is 6.92 Å². The summed E-state index contributed by atoms with van der Waals surface area (Å²) in [6, 6.07) is 2.60. The zero-order chi connectivity index (χ0) is 15.8. The third-order valence-electron chi connectivity index (χ3n) is 4.48. The van der Waals surface area contributed by atoms with Crippen molar-refractivity contribution in [2.75, 3.05) is 18.1 Å². The SMILES string of the molecule is CC[C@H]1c2ccsc2CCN1c1ncnc2c1cnn2CCO. The zero-order valence-electron chi connectivity index (χ0n) is 13.0. The molecule has 1 atom stereocenters. The van der Waals surface area contributed by atoms with Gasteiger partial charge in [0.05, 0.1) is 30.8 Å². The van der Waals surface area contributed by atoms with Gasteiger partial charge in [0.15, 0.2) is 5.65 Å². The highest BCUT2D eigenvalue weighted by Crippen LogP contribution is 2.39. The van der Waals surface area contributed by atoms with Crippen molar-refractivity contribution in [1.29, 1.82) is 0 Å². The molecule has 0 radical (unpaired) electrons. The van der Waals surface area contributed by atoms with Gasteiger partial charge in [-0.25, -0.2) is 14.6 Å². The maximum Gasteiger partial charge on any atom is 0.163 e. The summed E-state index contributed by atoms with van der Waals surface area (Å²) in [6.45, 7) is 3.68. The number of rotatable bonds is 4. The van der Waals surface area contributed by atoms with Gasteiger partial charge in [0.25, 0.3) is 0 Å². The number of hydrogen-bond acceptors (Lipinski definition) is 6. The van der Waals surface area contributed by atoms with Gasteiger partial charge in [0.2, 0.25) is 0 Å². The van der Waals surface area contributed by atoms with Crippen LogP contribution in [0.25, 0.3) is 11.0 Å². The molecule has 7 heteroatoms. The van der Waals surface area contributed by atoms with Crippen molar-refractivity contribution in [3.05, 3.63) is 34.4 Å². The minimum absolute atomic E-state index is 0.0513. The Labute approximate surface area is 138 Å². The molecule has 0 aliphatic carbocycles. The fraction of sp³-hybridized carbons (Fsp3) is 0.438. The lowest BCUT2D eigenvalue weighted by molar-refractivity contribution is 0.271. The van der Waals surface area contributed by atoms with Gasteiger partial charge in [0.1, 0.15) is 12.1 Å². The van der Waals surface area contributed by atoms with Gasteiger partial charge in [-0.2, -0.15) is 5.10 Å². The Morgan fingerprint density at radius 1 is 1.39 bits per heavy atom. The van der Waals surface area contributed by atoms with Crippen molar-refractivity contribution in [3.8, 4) is 0 Å². The van der Waals surface area contributed by atoms with E-state index in [9.17, 15) is 0 Å². The molecule has 3 aromatic heterocycles. The van der Waals surface area contributed by atoms with Crippen LogP contribution in [0.2, 0.25) is 0 Å². The molecule has 0 spiro atoms. The second-order valence-electron chi connectivity index (χ2n) is 5.69. The number of hydrogen-bond donors (Lipinski definition) is 1. The Morgan fingerprint density at radius 3 is 3.13 bits per heavy atom. The smallest absolute Gasteiger partial charge is 0.163 e. The molecule has 0 fully saturated rings. The van der Waals surface area contributed by atoms with E-state index >= 15 is 0 Å². The summed E-state index contributed by atoms with van der Waals surface area (Å²) in [5.41, 5.74) is 2.22. The van der Waals surface area contributed by atoms with E-state index in [-0.39, 0.29) is 6.61 Å². The van der Waals surface area contributed by atoms with Crippen molar-refractivity contribution in [3.63, 3.8) is 0 Å². The van der Waals surface area contributed by atoms with Crippen LogP contribution < -0.4 is 4.90 Å². The molecule has 1 aliphatic rings. The highest BCUT2D eigenvalue weighted by Gasteiger charge is 2.29. The van der Waals surface area contributed by atoms with Crippen LogP contribution in [0.3, 0.4) is 0 Å². The molecule has 6 nitrogen and oxygen atoms in total. The fourth-order valence-electron chi connectivity index (χ4n) is 3.46. The summed E-state index contributed by atoms with van der Waals surface area (Å²) in [5, 5.41) is 16.7. The molecule has 0 saturated carbocycles. The summed E-state index contributed by atoms with van der Waals surface area (Å²) in [6.07, 6.45) is 5.51. The van der Waals surface area contributed by atoms with Crippen LogP contribution in [0.4, 0.5) is 5.82 Å². The molecule has 1 N–H and O–H groups in total. The number of aliphatic hydroxyl groups excluding tert-OH is 1. The molecule has 4 rings (SSSR count). The Kier molecular flexibility index (Phi) is 3.74. The Bertz CT molecular complexity index is 827. The van der Waals surface area contributed by atoms with Crippen LogP contribution in [0, 0.1) is 0 Å². The average molecular weight is 329 g/mol. The quantitative estimate of drug-likeness (QED) is 0.796. The van der Waals surface area contributed by atoms with Crippen molar-refractivity contribution in [2.24, 2.45) is 0 Å². The van der Waals surface area contributed by atoms with Gasteiger partial charge in [-0.3, -0.25) is 0 Å². The van der Waals surface area contributed by atoms with E-state index in [1.165, 1.54) is 10.4 Å². The lowest BCUT2D eigenvalue weighted by Gasteiger charge is -2.36. The average Bonchev–Trinajstić information content (AvgIpc) is 3.21. The third kappa shape index (κ3) is 2.31. The fourth-order valence-corrected chi connectivity index (χ4v) is 4.39. The molecule has 120 valence electrons. The van der Waals surface area contributed by atoms with Crippen LogP contribution in [0.1, 0.15) is 29.8 Å². The predicted octanol–water partition coefficient (Wildman–Crippen LogP) is 2.39. The normalized spacial score (nSPS) is 17.7. The summed E-state index contributed by atoms with van der Waals surface area (Å²) in [4.78, 5) is 12.8. The monoisotopic (exact) mass is 329 g/mol. The Hall–Kier alpha value is -1.99. The lowest BCUT2D eigenvalue weighted by Crippen LogP contribution is -2.35. The molecule has 0 saturated heterocycles. The first-order chi connectivity index (χ1) is 11.3. The van der Waals surface area contributed by atoms with E-state index in [0.717, 1.165) is 36.2 Å². The topological polar surface area (TPSA) is 67.1 Å². The van der Waals surface area contributed by atoms with Crippen molar-refractivity contribution in [2.45, 2.75) is 32.4 Å². The van der Waals surface area contributed by atoms with E-state index < -0.39 is 0 Å². The molecule has 0 unspecified atom stereocenters. The standard InChI is InChI=1S/C16H19N5OS/c1-2-13-11-4-8-23-14(11)3-5-20(13)15-12-9-19-21(6-7-22)16(12)18-10-17-15/h4,8-10,13,22H,2-3,5-7H2,1H3/t13-/m0/s1. The minimum atomic E-state index is 0.0513. The van der Waals surface area contributed by atoms with Crippen LogP contribution in [0.15, 0.2) is 24.0 Å². The van der Waals surface area contributed by atoms with Gasteiger partial charge in [-0.05, 0) is 29.9 Å². The predicted molar refractivity (Wildman–Crippen MR) is 90.8 cm³/mol. The van der Waals surface area contributed by atoms with E-state index in [1.807, 2.05) is 17.5 Å². The Morgan fingerprint density at radius 2 is 2.30 bits per heavy atom. The molecule has 0 aromatic carbocycles. The second-order valence-corrected chi connectivity index (χ2v) is 6.69. The lowest BCUT2D eigenvalue weighted by atomic mass is 9.97. The number of thiophene rings is 1. The third-order valence-corrected chi connectivity index (χ3v) is 5.47. The molecule has 3 aromatic rings. The maximum atomic E-state index is 9.17. The van der Waals surface area contributed by atoms with Gasteiger partial charge < -0.3 is 10.0 Å². The van der Waals surface area contributed by atoms with Crippen LogP contribution >= 0.6 is 11.3 Å². The first-order valence-corrected chi connectivity index (χ1v) is 8.81. The van der Waals surface area contributed by atoms with Gasteiger partial charge >= 0.3 is 0 Å². The van der Waals surface area contributed by atoms with E-state index in [2.05, 4.69) is 38.3 Å². The molecule has 0 bridgehead atoms. The summed E-state index contributed by atoms with van der Waals surface area (Å²) < 4.78 is 1.74. The second kappa shape index (κ2) is 5.90. The Balaban J connectivity index is 1.80. The van der Waals surface area contributed by atoms with Gasteiger partial charge in [-0.15, -0.1) is 11.3 Å². The van der Waals surface area contributed by atoms with Gasteiger partial charge in [0, 0.05) is 11.4 Å². The first-order valence-electron chi connectivity index (χ1n) is 7.93. The largest absolute Gasteiger partial charge is 0.394 e. The van der Waals surface area contributed by atoms with Crippen molar-refractivity contribution in [1.82, 2.24) is 19.7 Å². The van der Waals surface area contributed by atoms with Crippen LogP contribution in [0.5, 0.6) is 0 Å². The molecule has 4 heterocycles. The molecular formula is C16H19N5OS. The van der Waals surface area contributed by atoms with Crippen LogP contribution in [-0.4, -0.2) is 38.0 Å². The van der Waals surface area contributed by atoms with E-state index in [4.69, 9.17) is 5.11 Å². The summed E-state index contributed by atoms with van der Waals surface area (Å²) in [7, 11) is 0. The summed E-state index contributed by atoms with van der Waals surface area (Å²) >= 11 is 1.85. The molecule has 23 heavy (non-hydrogen) atoms. The highest BCUT2D eigenvalue weighted by molar-refractivity contribution is 7.10. The van der Waals surface area contributed by atoms with E-state index in [0.29, 0.717) is 12.6 Å². The number of aliphatic hydroxyl groups is 1. The number of nitrogens with zero attached hydrogens (tertiary/aromatic N) is 5.